The molecule has 5 heteroatoms. The van der Waals surface area contributed by atoms with Gasteiger partial charge in [-0.2, -0.15) is 0 Å². The van der Waals surface area contributed by atoms with Gasteiger partial charge in [-0.05, 0) is 60.6 Å². The molecule has 0 unspecified atom stereocenters. The molecule has 0 spiro atoms. The van der Waals surface area contributed by atoms with E-state index >= 15 is 0 Å². The minimum atomic E-state index is -0.627. The van der Waals surface area contributed by atoms with Crippen LogP contribution in [0.15, 0.2) is 78.9 Å². The molecule has 2 atom stereocenters. The molecule has 0 fully saturated rings. The number of nitrogens with one attached hydrogen (secondary N) is 1. The lowest BCUT2D eigenvalue weighted by Gasteiger charge is -2.32. The lowest BCUT2D eigenvalue weighted by atomic mass is 10.0. The Morgan fingerprint density at radius 2 is 1.54 bits per heavy atom. The van der Waals surface area contributed by atoms with Crippen LogP contribution in [0.2, 0.25) is 0 Å². The van der Waals surface area contributed by atoms with Crippen LogP contribution in [0.4, 0.5) is 0 Å². The molecule has 0 aromatic heterocycles. The Kier molecular flexibility index (Phi) is 10.8. The van der Waals surface area contributed by atoms with Crippen LogP contribution in [-0.4, -0.2) is 35.9 Å². The van der Waals surface area contributed by atoms with Gasteiger partial charge in [0, 0.05) is 25.4 Å². The molecule has 196 valence electrons. The maximum atomic E-state index is 13.8. The predicted octanol–water partition coefficient (Wildman–Crippen LogP) is 5.75. The van der Waals surface area contributed by atoms with Crippen molar-refractivity contribution in [2.75, 3.05) is 7.11 Å². The summed E-state index contributed by atoms with van der Waals surface area (Å²) in [5.74, 6) is 0.564. The van der Waals surface area contributed by atoms with Crippen LogP contribution in [0, 0.1) is 0 Å². The average molecular weight is 501 g/mol. The lowest BCUT2D eigenvalue weighted by molar-refractivity contribution is -0.141. The summed E-state index contributed by atoms with van der Waals surface area (Å²) in [6, 6.07) is 25.4. The second kappa shape index (κ2) is 14.2. The minimum absolute atomic E-state index is 0.0247. The van der Waals surface area contributed by atoms with E-state index in [4.69, 9.17) is 4.74 Å². The van der Waals surface area contributed by atoms with Gasteiger partial charge in [0.2, 0.25) is 11.8 Å². The van der Waals surface area contributed by atoms with E-state index in [1.165, 1.54) is 5.56 Å². The summed E-state index contributed by atoms with van der Waals surface area (Å²) in [6.07, 6.45) is 3.21. The number of aryl methyl sites for hydroxylation is 2. The first kappa shape index (κ1) is 28.0. The fraction of sp³-hybridized carbons (Fsp3) is 0.375. The topological polar surface area (TPSA) is 58.6 Å². The average Bonchev–Trinajstić information content (AvgIpc) is 2.94. The third-order valence-electron chi connectivity index (χ3n) is 6.82. The number of benzene rings is 3. The van der Waals surface area contributed by atoms with E-state index in [9.17, 15) is 9.59 Å². The summed E-state index contributed by atoms with van der Waals surface area (Å²) in [5.41, 5.74) is 4.34. The third kappa shape index (κ3) is 8.49. The number of carbonyl (C=O) groups is 2. The Balaban J connectivity index is 1.91. The fourth-order valence-electron chi connectivity index (χ4n) is 4.30. The van der Waals surface area contributed by atoms with Gasteiger partial charge in [0.25, 0.3) is 0 Å². The SMILES string of the molecule is CCc1ccc(CCC(=O)N(Cc2cccc(OC)c2)[C@@H](Cc2ccccc2)C(=O)N[C@H](C)CC)cc1. The highest BCUT2D eigenvalue weighted by atomic mass is 16.5. The number of ether oxygens (including phenoxy) is 1. The molecule has 1 N–H and O–H groups in total. The molecular formula is C32H40N2O3. The van der Waals surface area contributed by atoms with Gasteiger partial charge >= 0.3 is 0 Å². The molecule has 5 nitrogen and oxygen atoms in total. The van der Waals surface area contributed by atoms with Crippen molar-refractivity contribution in [3.8, 4) is 5.75 Å². The Labute approximate surface area is 221 Å². The summed E-state index contributed by atoms with van der Waals surface area (Å²) in [6.45, 7) is 6.49. The summed E-state index contributed by atoms with van der Waals surface area (Å²) in [5, 5.41) is 3.12. The van der Waals surface area contributed by atoms with Gasteiger partial charge in [0.15, 0.2) is 0 Å². The maximum absolute atomic E-state index is 13.8. The van der Waals surface area contributed by atoms with Crippen LogP contribution in [0.25, 0.3) is 0 Å². The highest BCUT2D eigenvalue weighted by molar-refractivity contribution is 5.88. The van der Waals surface area contributed by atoms with E-state index in [0.717, 1.165) is 35.3 Å². The molecule has 3 aromatic rings. The normalized spacial score (nSPS) is 12.4. The number of hydrogen-bond acceptors (Lipinski definition) is 3. The fourth-order valence-corrected chi connectivity index (χ4v) is 4.30. The molecule has 0 saturated heterocycles. The molecule has 0 aliphatic heterocycles. The molecule has 37 heavy (non-hydrogen) atoms. The molecule has 0 aliphatic carbocycles. The molecule has 3 aromatic carbocycles. The zero-order valence-corrected chi connectivity index (χ0v) is 22.6. The molecule has 0 radical (unpaired) electrons. The van der Waals surface area contributed by atoms with Crippen LogP contribution >= 0.6 is 0 Å². The summed E-state index contributed by atoms with van der Waals surface area (Å²) < 4.78 is 5.41. The molecule has 0 saturated carbocycles. The smallest absolute Gasteiger partial charge is 0.243 e. The van der Waals surface area contributed by atoms with Crippen LogP contribution < -0.4 is 10.1 Å². The second-order valence-corrected chi connectivity index (χ2v) is 9.57. The molecule has 3 rings (SSSR count). The van der Waals surface area contributed by atoms with Crippen molar-refractivity contribution in [3.05, 3.63) is 101 Å². The largest absolute Gasteiger partial charge is 0.497 e. The van der Waals surface area contributed by atoms with Crippen molar-refractivity contribution in [3.63, 3.8) is 0 Å². The van der Waals surface area contributed by atoms with Crippen molar-refractivity contribution >= 4 is 11.8 Å². The lowest BCUT2D eigenvalue weighted by Crippen LogP contribution is -2.52. The van der Waals surface area contributed by atoms with Crippen molar-refractivity contribution in [1.82, 2.24) is 10.2 Å². The first-order valence-corrected chi connectivity index (χ1v) is 13.3. The van der Waals surface area contributed by atoms with Crippen LogP contribution in [0.3, 0.4) is 0 Å². The number of methoxy groups -OCH3 is 1. The Morgan fingerprint density at radius 1 is 0.865 bits per heavy atom. The number of amides is 2. The quantitative estimate of drug-likeness (QED) is 0.325. The first-order valence-electron chi connectivity index (χ1n) is 13.3. The van der Waals surface area contributed by atoms with Crippen molar-refractivity contribution in [2.24, 2.45) is 0 Å². The van der Waals surface area contributed by atoms with Crippen molar-refractivity contribution < 1.29 is 14.3 Å². The monoisotopic (exact) mass is 500 g/mol. The van der Waals surface area contributed by atoms with Crippen molar-refractivity contribution in [1.29, 1.82) is 0 Å². The summed E-state index contributed by atoms with van der Waals surface area (Å²) in [4.78, 5) is 29.1. The van der Waals surface area contributed by atoms with Gasteiger partial charge in [-0.3, -0.25) is 9.59 Å². The highest BCUT2D eigenvalue weighted by Crippen LogP contribution is 2.20. The summed E-state index contributed by atoms with van der Waals surface area (Å²) in [7, 11) is 1.63. The zero-order valence-electron chi connectivity index (χ0n) is 22.6. The van der Waals surface area contributed by atoms with E-state index in [1.807, 2.05) is 68.4 Å². The van der Waals surface area contributed by atoms with Crippen LogP contribution in [0.5, 0.6) is 5.75 Å². The molecule has 0 aliphatic rings. The minimum Gasteiger partial charge on any atom is -0.497 e. The van der Waals surface area contributed by atoms with Gasteiger partial charge in [0.1, 0.15) is 11.8 Å². The molecule has 0 heterocycles. The molecule has 0 bridgehead atoms. The standard InChI is InChI=1S/C32H40N2O3/c1-5-24(3)33-32(36)30(22-27-11-8-7-9-12-27)34(23-28-13-10-14-29(21-28)37-4)31(35)20-19-26-17-15-25(6-2)16-18-26/h7-18,21,24,30H,5-6,19-20,22-23H2,1-4H3,(H,33,36)/t24-,30+/m1/s1. The van der Waals surface area contributed by atoms with E-state index < -0.39 is 6.04 Å². The number of rotatable bonds is 13. The van der Waals surface area contributed by atoms with Crippen molar-refractivity contribution in [2.45, 2.75) is 71.5 Å². The third-order valence-corrected chi connectivity index (χ3v) is 6.82. The van der Waals surface area contributed by atoms with Crippen LogP contribution in [-0.2, 0) is 35.4 Å². The van der Waals surface area contributed by atoms with E-state index in [-0.39, 0.29) is 17.9 Å². The van der Waals surface area contributed by atoms with Gasteiger partial charge in [-0.25, -0.2) is 0 Å². The number of carbonyl (C=O) groups excluding carboxylic acids is 2. The first-order chi connectivity index (χ1) is 17.9. The second-order valence-electron chi connectivity index (χ2n) is 9.57. The highest BCUT2D eigenvalue weighted by Gasteiger charge is 2.30. The van der Waals surface area contributed by atoms with Gasteiger partial charge in [-0.15, -0.1) is 0 Å². The molecule has 2 amide bonds. The number of hydrogen-bond donors (Lipinski definition) is 1. The van der Waals surface area contributed by atoms with E-state index in [0.29, 0.717) is 25.8 Å². The number of nitrogens with zero attached hydrogens (tertiary/aromatic N) is 1. The van der Waals surface area contributed by atoms with E-state index in [1.54, 1.807) is 12.0 Å². The van der Waals surface area contributed by atoms with Crippen LogP contribution in [0.1, 0.15) is 55.9 Å². The Morgan fingerprint density at radius 3 is 2.19 bits per heavy atom. The van der Waals surface area contributed by atoms with Gasteiger partial charge < -0.3 is 15.0 Å². The Bertz CT molecular complexity index is 1130. The zero-order chi connectivity index (χ0) is 26.6. The van der Waals surface area contributed by atoms with Gasteiger partial charge in [-0.1, -0.05) is 80.6 Å². The van der Waals surface area contributed by atoms with Gasteiger partial charge in [0.05, 0.1) is 7.11 Å². The maximum Gasteiger partial charge on any atom is 0.243 e. The Hall–Kier alpha value is -3.60. The predicted molar refractivity (Wildman–Crippen MR) is 150 cm³/mol. The summed E-state index contributed by atoms with van der Waals surface area (Å²) >= 11 is 0. The van der Waals surface area contributed by atoms with E-state index in [2.05, 4.69) is 36.5 Å². The molecular weight excluding hydrogens is 460 g/mol.